The van der Waals surface area contributed by atoms with Crippen molar-refractivity contribution in [3.63, 3.8) is 0 Å². The van der Waals surface area contributed by atoms with Gasteiger partial charge in [-0.2, -0.15) is 0 Å². The van der Waals surface area contributed by atoms with Crippen LogP contribution in [0.3, 0.4) is 0 Å². The van der Waals surface area contributed by atoms with Gasteiger partial charge in [-0.25, -0.2) is 9.78 Å². The molecule has 0 saturated carbocycles. The highest BCUT2D eigenvalue weighted by Gasteiger charge is 2.22. The number of carbonyl (C=O) groups excluding carboxylic acids is 2. The third-order valence-corrected chi connectivity index (χ3v) is 4.45. The van der Waals surface area contributed by atoms with Gasteiger partial charge in [-0.3, -0.25) is 10.1 Å². The largest absolute Gasteiger partial charge is 0.337 e. The summed E-state index contributed by atoms with van der Waals surface area (Å²) < 4.78 is 0. The number of likely N-dealkylation sites (tertiary alicyclic amines) is 1. The zero-order chi connectivity index (χ0) is 16.2. The van der Waals surface area contributed by atoms with Crippen molar-refractivity contribution in [3.8, 4) is 0 Å². The molecule has 1 aromatic heterocycles. The van der Waals surface area contributed by atoms with E-state index >= 15 is 0 Å². The number of urea groups is 1. The van der Waals surface area contributed by atoms with Crippen molar-refractivity contribution in [1.82, 2.24) is 9.88 Å². The van der Waals surface area contributed by atoms with E-state index in [2.05, 4.69) is 15.6 Å². The van der Waals surface area contributed by atoms with Crippen LogP contribution in [0.25, 0.3) is 0 Å². The van der Waals surface area contributed by atoms with Crippen molar-refractivity contribution in [3.05, 3.63) is 40.4 Å². The number of benzene rings is 1. The molecule has 0 atom stereocenters. The van der Waals surface area contributed by atoms with Crippen LogP contribution in [0.15, 0.2) is 29.6 Å². The van der Waals surface area contributed by atoms with Gasteiger partial charge in [-0.15, -0.1) is 11.3 Å². The van der Waals surface area contributed by atoms with Gasteiger partial charge >= 0.3 is 6.03 Å². The molecule has 23 heavy (non-hydrogen) atoms. The van der Waals surface area contributed by atoms with Gasteiger partial charge in [-0.05, 0) is 37.1 Å². The summed E-state index contributed by atoms with van der Waals surface area (Å²) >= 11 is 7.02. The van der Waals surface area contributed by atoms with Crippen molar-refractivity contribution in [2.75, 3.05) is 23.7 Å². The second-order valence-electron chi connectivity index (χ2n) is 5.12. The smallest absolute Gasteiger partial charge is 0.325 e. The van der Waals surface area contributed by atoms with Gasteiger partial charge in [0.1, 0.15) is 5.69 Å². The number of nitrogens with one attached hydrogen (secondary N) is 2. The summed E-state index contributed by atoms with van der Waals surface area (Å²) in [4.78, 5) is 30.1. The van der Waals surface area contributed by atoms with Gasteiger partial charge in [-0.1, -0.05) is 11.6 Å². The number of thiazole rings is 1. The number of carbonyl (C=O) groups is 2. The van der Waals surface area contributed by atoms with E-state index in [4.69, 9.17) is 11.6 Å². The fourth-order valence-corrected chi connectivity index (χ4v) is 3.11. The maximum absolute atomic E-state index is 12.2. The first-order valence-electron chi connectivity index (χ1n) is 7.20. The van der Waals surface area contributed by atoms with Crippen molar-refractivity contribution in [1.29, 1.82) is 0 Å². The summed E-state index contributed by atoms with van der Waals surface area (Å²) in [5, 5.41) is 7.95. The predicted octanol–water partition coefficient (Wildman–Crippen LogP) is 3.68. The minimum absolute atomic E-state index is 0.0788. The van der Waals surface area contributed by atoms with E-state index in [9.17, 15) is 9.59 Å². The number of nitrogens with zero attached hydrogens (tertiary/aromatic N) is 2. The molecule has 0 aliphatic carbocycles. The van der Waals surface area contributed by atoms with E-state index in [0.29, 0.717) is 21.5 Å². The van der Waals surface area contributed by atoms with Gasteiger partial charge in [0.05, 0.1) is 0 Å². The van der Waals surface area contributed by atoms with Gasteiger partial charge in [0.2, 0.25) is 0 Å². The molecule has 0 spiro atoms. The van der Waals surface area contributed by atoms with Crippen LogP contribution in [0.5, 0.6) is 0 Å². The van der Waals surface area contributed by atoms with Gasteiger partial charge < -0.3 is 10.2 Å². The zero-order valence-electron chi connectivity index (χ0n) is 12.2. The molecule has 1 aromatic carbocycles. The molecule has 2 aromatic rings. The van der Waals surface area contributed by atoms with E-state index < -0.39 is 6.03 Å². The number of halogens is 1. The molecule has 1 saturated heterocycles. The maximum Gasteiger partial charge on any atom is 0.325 e. The molecule has 120 valence electrons. The van der Waals surface area contributed by atoms with Crippen LogP contribution < -0.4 is 10.6 Å². The van der Waals surface area contributed by atoms with Gasteiger partial charge in [0.15, 0.2) is 5.13 Å². The van der Waals surface area contributed by atoms with Gasteiger partial charge in [0, 0.05) is 29.2 Å². The average molecular weight is 351 g/mol. The maximum atomic E-state index is 12.2. The van der Waals surface area contributed by atoms with E-state index in [0.717, 1.165) is 25.9 Å². The molecule has 2 heterocycles. The molecule has 0 radical (unpaired) electrons. The fourth-order valence-electron chi connectivity index (χ4n) is 2.30. The first-order chi connectivity index (χ1) is 11.1. The van der Waals surface area contributed by atoms with E-state index in [1.807, 2.05) is 0 Å². The molecule has 0 unspecified atom stereocenters. The highest BCUT2D eigenvalue weighted by Crippen LogP contribution is 2.19. The lowest BCUT2D eigenvalue weighted by Gasteiger charge is -2.12. The van der Waals surface area contributed by atoms with Crippen molar-refractivity contribution < 1.29 is 9.59 Å². The van der Waals surface area contributed by atoms with Gasteiger partial charge in [0.25, 0.3) is 5.91 Å². The number of rotatable bonds is 3. The van der Waals surface area contributed by atoms with Crippen molar-refractivity contribution in [2.45, 2.75) is 12.8 Å². The Morgan fingerprint density at radius 2 is 1.83 bits per heavy atom. The number of hydrogen-bond donors (Lipinski definition) is 2. The summed E-state index contributed by atoms with van der Waals surface area (Å²) in [6.07, 6.45) is 2.06. The van der Waals surface area contributed by atoms with Crippen LogP contribution in [0.4, 0.5) is 15.6 Å². The Bertz CT molecular complexity index is 711. The molecule has 6 nitrogen and oxygen atoms in total. The average Bonchev–Trinajstić information content (AvgIpc) is 3.20. The van der Waals surface area contributed by atoms with E-state index in [-0.39, 0.29) is 5.91 Å². The highest BCUT2D eigenvalue weighted by molar-refractivity contribution is 7.14. The first kappa shape index (κ1) is 15.8. The Balaban J connectivity index is 1.58. The Labute approximate surface area is 142 Å². The standard InChI is InChI=1S/C15H15ClN4O2S/c16-10-3-5-11(6-4-10)17-14(22)19-15-18-12(9-23-15)13(21)20-7-1-2-8-20/h3-6,9H,1-2,7-8H2,(H2,17,18,19,22). The Hall–Kier alpha value is -2.12. The summed E-state index contributed by atoms with van der Waals surface area (Å²) in [7, 11) is 0. The van der Waals surface area contributed by atoms with Crippen molar-refractivity contribution in [2.24, 2.45) is 0 Å². The molecule has 2 N–H and O–H groups in total. The van der Waals surface area contributed by atoms with E-state index in [1.54, 1.807) is 34.5 Å². The van der Waals surface area contributed by atoms with Crippen LogP contribution in [-0.2, 0) is 0 Å². The summed E-state index contributed by atoms with van der Waals surface area (Å²) in [6, 6.07) is 6.36. The monoisotopic (exact) mass is 350 g/mol. The van der Waals surface area contributed by atoms with Crippen molar-refractivity contribution >= 4 is 45.7 Å². The van der Waals surface area contributed by atoms with Crippen LogP contribution in [0.2, 0.25) is 5.02 Å². The normalized spacial score (nSPS) is 13.9. The van der Waals surface area contributed by atoms with Crippen LogP contribution in [0.1, 0.15) is 23.3 Å². The lowest BCUT2D eigenvalue weighted by Crippen LogP contribution is -2.28. The minimum Gasteiger partial charge on any atom is -0.337 e. The third-order valence-electron chi connectivity index (χ3n) is 3.44. The lowest BCUT2D eigenvalue weighted by molar-refractivity contribution is 0.0788. The Kier molecular flexibility index (Phi) is 4.78. The molecule has 8 heteroatoms. The zero-order valence-corrected chi connectivity index (χ0v) is 13.8. The molecule has 1 aliphatic rings. The minimum atomic E-state index is -0.415. The quantitative estimate of drug-likeness (QED) is 0.886. The van der Waals surface area contributed by atoms with Crippen LogP contribution >= 0.6 is 22.9 Å². The molecular formula is C15H15ClN4O2S. The summed E-state index contributed by atoms with van der Waals surface area (Å²) in [5.41, 5.74) is 0.996. The number of anilines is 2. The first-order valence-corrected chi connectivity index (χ1v) is 8.46. The number of hydrogen-bond acceptors (Lipinski definition) is 4. The summed E-state index contributed by atoms with van der Waals surface area (Å²) in [5.74, 6) is -0.0788. The molecule has 1 fully saturated rings. The Morgan fingerprint density at radius 1 is 1.13 bits per heavy atom. The van der Waals surface area contributed by atoms with E-state index in [1.165, 1.54) is 11.3 Å². The molecule has 1 aliphatic heterocycles. The van der Waals surface area contributed by atoms with Crippen LogP contribution in [0, 0.1) is 0 Å². The second-order valence-corrected chi connectivity index (χ2v) is 6.42. The third kappa shape index (κ3) is 4.00. The Morgan fingerprint density at radius 3 is 2.52 bits per heavy atom. The topological polar surface area (TPSA) is 74.3 Å². The number of aromatic nitrogens is 1. The highest BCUT2D eigenvalue weighted by atomic mass is 35.5. The molecule has 3 rings (SSSR count). The second kappa shape index (κ2) is 6.97. The molecular weight excluding hydrogens is 336 g/mol. The van der Waals surface area contributed by atoms with Crippen LogP contribution in [-0.4, -0.2) is 34.9 Å². The number of amides is 3. The molecule has 0 bridgehead atoms. The SMILES string of the molecule is O=C(Nc1ccc(Cl)cc1)Nc1nc(C(=O)N2CCCC2)cs1. The summed E-state index contributed by atoms with van der Waals surface area (Å²) in [6.45, 7) is 1.55. The predicted molar refractivity (Wildman–Crippen MR) is 91.3 cm³/mol. The lowest BCUT2D eigenvalue weighted by atomic mass is 10.3. The molecule has 3 amide bonds. The fraction of sp³-hybridized carbons (Fsp3) is 0.267.